The maximum atomic E-state index is 13.0. The first-order chi connectivity index (χ1) is 12.8. The molecule has 3 rings (SSSR count). The molecule has 0 saturated carbocycles. The number of rotatable bonds is 6. The van der Waals surface area contributed by atoms with Gasteiger partial charge in [-0.3, -0.25) is 9.48 Å². The van der Waals surface area contributed by atoms with Crippen LogP contribution in [0.1, 0.15) is 18.5 Å². The van der Waals surface area contributed by atoms with Crippen molar-refractivity contribution in [2.75, 3.05) is 13.7 Å². The van der Waals surface area contributed by atoms with Crippen molar-refractivity contribution < 1.29 is 37.3 Å². The molecule has 0 radical (unpaired) electrons. The maximum absolute atomic E-state index is 13.0. The van der Waals surface area contributed by atoms with Gasteiger partial charge in [0.15, 0.2) is 23.5 Å². The topological polar surface area (TPSA) is 82.8 Å². The van der Waals surface area contributed by atoms with E-state index in [4.69, 9.17) is 19.3 Å². The molecule has 10 heteroatoms. The number of alkyl halides is 3. The van der Waals surface area contributed by atoms with Gasteiger partial charge >= 0.3 is 12.1 Å². The fourth-order valence-corrected chi connectivity index (χ4v) is 2.75. The van der Waals surface area contributed by atoms with Crippen molar-refractivity contribution in [2.24, 2.45) is 0 Å². The minimum absolute atomic E-state index is 0.00423. The van der Waals surface area contributed by atoms with Crippen LogP contribution in [0.25, 0.3) is 11.3 Å². The Morgan fingerprint density at radius 2 is 2.15 bits per heavy atom. The largest absolute Gasteiger partial charge is 0.493 e. The van der Waals surface area contributed by atoms with E-state index in [-0.39, 0.29) is 5.69 Å². The molecule has 0 amide bonds. The number of carboxylic acids is 1. The second-order valence-electron chi connectivity index (χ2n) is 5.89. The molecular weight excluding hydrogens is 369 g/mol. The molecule has 2 aromatic rings. The van der Waals surface area contributed by atoms with E-state index in [1.165, 1.54) is 25.3 Å². The van der Waals surface area contributed by atoms with Gasteiger partial charge in [-0.15, -0.1) is 0 Å². The van der Waals surface area contributed by atoms with E-state index in [2.05, 4.69) is 5.10 Å². The zero-order chi connectivity index (χ0) is 19.6. The van der Waals surface area contributed by atoms with Gasteiger partial charge in [-0.05, 0) is 30.7 Å². The summed E-state index contributed by atoms with van der Waals surface area (Å²) < 4.78 is 56.2. The first kappa shape index (κ1) is 19.0. The Morgan fingerprint density at radius 1 is 1.37 bits per heavy atom. The van der Waals surface area contributed by atoms with Crippen LogP contribution in [-0.2, 0) is 22.3 Å². The van der Waals surface area contributed by atoms with Crippen LogP contribution >= 0.6 is 0 Å². The van der Waals surface area contributed by atoms with E-state index in [0.29, 0.717) is 30.1 Å². The van der Waals surface area contributed by atoms with Gasteiger partial charge in [0.1, 0.15) is 6.54 Å². The number of aliphatic carboxylic acids is 1. The summed E-state index contributed by atoms with van der Waals surface area (Å²) in [6, 6.07) is 5.33. The molecular formula is C17H17F3N2O5. The van der Waals surface area contributed by atoms with E-state index < -0.39 is 30.7 Å². The first-order valence-electron chi connectivity index (χ1n) is 8.11. The first-order valence-corrected chi connectivity index (χ1v) is 8.11. The predicted molar refractivity (Wildman–Crippen MR) is 86.5 cm³/mol. The molecule has 2 heterocycles. The van der Waals surface area contributed by atoms with E-state index in [0.717, 1.165) is 17.2 Å². The number of hydrogen-bond acceptors (Lipinski definition) is 5. The second kappa shape index (κ2) is 7.47. The van der Waals surface area contributed by atoms with Gasteiger partial charge in [0.2, 0.25) is 0 Å². The Labute approximate surface area is 152 Å². The fraction of sp³-hybridized carbons (Fsp3) is 0.412. The molecule has 1 aliphatic heterocycles. The van der Waals surface area contributed by atoms with Gasteiger partial charge in [0, 0.05) is 12.0 Å². The predicted octanol–water partition coefficient (Wildman–Crippen LogP) is 3.18. The summed E-state index contributed by atoms with van der Waals surface area (Å²) in [6.07, 6.45) is -3.64. The van der Waals surface area contributed by atoms with Crippen LogP contribution in [0.2, 0.25) is 0 Å². The molecule has 1 aliphatic rings. The lowest BCUT2D eigenvalue weighted by Gasteiger charge is -2.16. The van der Waals surface area contributed by atoms with Crippen molar-refractivity contribution >= 4 is 5.97 Å². The number of carboxylic acid groups (broad SMARTS) is 1. The Hall–Kier alpha value is -2.75. The molecule has 0 aliphatic carbocycles. The van der Waals surface area contributed by atoms with Crippen LogP contribution in [0.4, 0.5) is 13.2 Å². The summed E-state index contributed by atoms with van der Waals surface area (Å²) in [5.41, 5.74) is -0.853. The molecule has 7 nitrogen and oxygen atoms in total. The number of hydrogen-bond donors (Lipinski definition) is 1. The van der Waals surface area contributed by atoms with Gasteiger partial charge in [-0.25, -0.2) is 0 Å². The number of halogens is 3. The Bertz CT molecular complexity index is 828. The van der Waals surface area contributed by atoms with Crippen LogP contribution in [0.15, 0.2) is 24.3 Å². The molecule has 1 atom stereocenters. The third kappa shape index (κ3) is 4.33. The fourth-order valence-electron chi connectivity index (χ4n) is 2.75. The average molecular weight is 386 g/mol. The van der Waals surface area contributed by atoms with Crippen molar-refractivity contribution in [3.05, 3.63) is 30.0 Å². The standard InChI is InChI=1S/C17H17F3N2O5/c1-25-12-5-4-10(7-13(12)27-16-3-2-6-26-16)11-8-14(17(18,19)20)21-22(11)9-15(23)24/h4-5,7-8,16H,2-3,6,9H2,1H3,(H,23,24). The van der Waals surface area contributed by atoms with Gasteiger partial charge in [-0.1, -0.05) is 0 Å². The quantitative estimate of drug-likeness (QED) is 0.821. The van der Waals surface area contributed by atoms with Crippen molar-refractivity contribution in [3.63, 3.8) is 0 Å². The molecule has 146 valence electrons. The lowest BCUT2D eigenvalue weighted by Crippen LogP contribution is -2.15. The van der Waals surface area contributed by atoms with Crippen molar-refractivity contribution in [3.8, 4) is 22.8 Å². The highest BCUT2D eigenvalue weighted by Gasteiger charge is 2.35. The third-order valence-electron chi connectivity index (χ3n) is 3.96. The molecule has 27 heavy (non-hydrogen) atoms. The molecule has 1 aromatic heterocycles. The summed E-state index contributed by atoms with van der Waals surface area (Å²) in [5.74, 6) is -0.634. The Balaban J connectivity index is 2.01. The number of methoxy groups -OCH3 is 1. The highest BCUT2D eigenvalue weighted by atomic mass is 19.4. The van der Waals surface area contributed by atoms with Crippen LogP contribution in [-0.4, -0.2) is 40.9 Å². The van der Waals surface area contributed by atoms with Crippen molar-refractivity contribution in [2.45, 2.75) is 31.9 Å². The zero-order valence-electron chi connectivity index (χ0n) is 14.3. The molecule has 1 unspecified atom stereocenters. The molecule has 0 bridgehead atoms. The lowest BCUT2D eigenvalue weighted by molar-refractivity contribution is -0.143. The SMILES string of the molecule is COc1ccc(-c2cc(C(F)(F)F)nn2CC(=O)O)cc1OC1CCCO1. The van der Waals surface area contributed by atoms with Crippen LogP contribution in [0, 0.1) is 0 Å². The number of aromatic nitrogens is 2. The number of carbonyl (C=O) groups is 1. The lowest BCUT2D eigenvalue weighted by atomic mass is 10.1. The van der Waals surface area contributed by atoms with Crippen LogP contribution < -0.4 is 9.47 Å². The average Bonchev–Trinajstić information content (AvgIpc) is 3.23. The second-order valence-corrected chi connectivity index (χ2v) is 5.89. The summed E-state index contributed by atoms with van der Waals surface area (Å²) in [4.78, 5) is 11.0. The number of nitrogens with zero attached hydrogens (tertiary/aromatic N) is 2. The highest BCUT2D eigenvalue weighted by Crippen LogP contribution is 2.36. The summed E-state index contributed by atoms with van der Waals surface area (Å²) in [6.45, 7) is -0.146. The van der Waals surface area contributed by atoms with E-state index >= 15 is 0 Å². The minimum Gasteiger partial charge on any atom is -0.493 e. The van der Waals surface area contributed by atoms with E-state index in [9.17, 15) is 18.0 Å². The number of benzene rings is 1. The minimum atomic E-state index is -4.69. The van der Waals surface area contributed by atoms with Gasteiger partial charge in [0.05, 0.1) is 19.4 Å². The van der Waals surface area contributed by atoms with E-state index in [1.807, 2.05) is 0 Å². The van der Waals surface area contributed by atoms with Crippen molar-refractivity contribution in [1.82, 2.24) is 9.78 Å². The van der Waals surface area contributed by atoms with Gasteiger partial charge < -0.3 is 19.3 Å². The molecule has 1 N–H and O–H groups in total. The van der Waals surface area contributed by atoms with Crippen molar-refractivity contribution in [1.29, 1.82) is 0 Å². The highest BCUT2D eigenvalue weighted by molar-refractivity contribution is 5.70. The van der Waals surface area contributed by atoms with Gasteiger partial charge in [0.25, 0.3) is 0 Å². The molecule has 1 saturated heterocycles. The normalized spacial score (nSPS) is 17.1. The van der Waals surface area contributed by atoms with Crippen LogP contribution in [0.5, 0.6) is 11.5 Å². The smallest absolute Gasteiger partial charge is 0.435 e. The van der Waals surface area contributed by atoms with Crippen LogP contribution in [0.3, 0.4) is 0 Å². The van der Waals surface area contributed by atoms with E-state index in [1.54, 1.807) is 0 Å². The Morgan fingerprint density at radius 3 is 2.74 bits per heavy atom. The van der Waals surface area contributed by atoms with Gasteiger partial charge in [-0.2, -0.15) is 18.3 Å². The summed E-state index contributed by atoms with van der Waals surface area (Å²) in [7, 11) is 1.44. The zero-order valence-corrected chi connectivity index (χ0v) is 14.3. The molecule has 0 spiro atoms. The molecule has 1 aromatic carbocycles. The summed E-state index contributed by atoms with van der Waals surface area (Å²) in [5, 5.41) is 12.4. The maximum Gasteiger partial charge on any atom is 0.435 e. The molecule has 1 fully saturated rings. The number of ether oxygens (including phenoxy) is 3. The monoisotopic (exact) mass is 386 g/mol. The summed E-state index contributed by atoms with van der Waals surface area (Å²) >= 11 is 0. The Kier molecular flexibility index (Phi) is 5.26. The third-order valence-corrected chi connectivity index (χ3v) is 3.96.